The average Bonchev–Trinajstić information content (AvgIpc) is 2.33. The Kier molecular flexibility index (Phi) is 2.52. The van der Waals surface area contributed by atoms with E-state index in [2.05, 4.69) is 0 Å². The minimum Gasteiger partial charge on any atom is -0.345 e. The van der Waals surface area contributed by atoms with Crippen molar-refractivity contribution in [2.75, 3.05) is 14.1 Å². The molecule has 0 aromatic carbocycles. The fraction of sp³-hybridized carbons (Fsp3) is 0.286. The molecule has 1 rings (SSSR count). The Bertz CT molecular complexity index is 269. The lowest BCUT2D eigenvalue weighted by atomic mass is 10.3. The smallest absolute Gasteiger partial charge is 0.255 e. The van der Waals surface area contributed by atoms with E-state index in [9.17, 15) is 4.79 Å². The van der Waals surface area contributed by atoms with Crippen LogP contribution in [0.5, 0.6) is 0 Å². The van der Waals surface area contributed by atoms with Crippen LogP contribution >= 0.6 is 22.9 Å². The molecular formula is C7H8ClNOS. The van der Waals surface area contributed by atoms with Crippen molar-refractivity contribution >= 4 is 28.8 Å². The highest BCUT2D eigenvalue weighted by Crippen LogP contribution is 2.21. The van der Waals surface area contributed by atoms with E-state index in [1.807, 2.05) is 0 Å². The van der Waals surface area contributed by atoms with E-state index >= 15 is 0 Å². The summed E-state index contributed by atoms with van der Waals surface area (Å²) in [5.41, 5.74) is 0.585. The molecule has 11 heavy (non-hydrogen) atoms. The van der Waals surface area contributed by atoms with Crippen molar-refractivity contribution in [2.24, 2.45) is 0 Å². The highest BCUT2D eigenvalue weighted by Gasteiger charge is 2.11. The molecule has 0 radical (unpaired) electrons. The van der Waals surface area contributed by atoms with Crippen molar-refractivity contribution in [3.63, 3.8) is 0 Å². The van der Waals surface area contributed by atoms with Crippen molar-refractivity contribution in [2.45, 2.75) is 0 Å². The van der Waals surface area contributed by atoms with Crippen LogP contribution in [-0.4, -0.2) is 24.9 Å². The SMILES string of the molecule is CN(C)C(=O)c1cscc1Cl. The Morgan fingerprint density at radius 3 is 2.55 bits per heavy atom. The Morgan fingerprint density at radius 1 is 1.55 bits per heavy atom. The molecule has 0 aliphatic heterocycles. The van der Waals surface area contributed by atoms with Gasteiger partial charge in [-0.25, -0.2) is 0 Å². The lowest BCUT2D eigenvalue weighted by molar-refractivity contribution is 0.0828. The Labute approximate surface area is 74.4 Å². The third-order valence-corrected chi connectivity index (χ3v) is 2.44. The molecule has 0 spiro atoms. The van der Waals surface area contributed by atoms with Gasteiger partial charge >= 0.3 is 0 Å². The quantitative estimate of drug-likeness (QED) is 0.663. The minimum absolute atomic E-state index is 0.0451. The molecule has 0 bridgehead atoms. The van der Waals surface area contributed by atoms with Crippen LogP contribution in [-0.2, 0) is 0 Å². The monoisotopic (exact) mass is 189 g/mol. The van der Waals surface area contributed by atoms with Crippen molar-refractivity contribution in [1.29, 1.82) is 0 Å². The van der Waals surface area contributed by atoms with Gasteiger partial charge in [-0.2, -0.15) is 0 Å². The Morgan fingerprint density at radius 2 is 2.18 bits per heavy atom. The number of carbonyl (C=O) groups excluding carboxylic acids is 1. The molecule has 1 heterocycles. The van der Waals surface area contributed by atoms with Crippen LogP contribution in [0, 0.1) is 0 Å². The molecule has 0 N–H and O–H groups in total. The fourth-order valence-electron chi connectivity index (χ4n) is 0.675. The van der Waals surface area contributed by atoms with Gasteiger partial charge in [0, 0.05) is 24.9 Å². The summed E-state index contributed by atoms with van der Waals surface area (Å²) in [5.74, 6) is -0.0451. The normalized spacial score (nSPS) is 9.73. The van der Waals surface area contributed by atoms with Crippen molar-refractivity contribution in [3.05, 3.63) is 21.3 Å². The molecule has 1 amide bonds. The summed E-state index contributed by atoms with van der Waals surface area (Å²) in [7, 11) is 3.41. The largest absolute Gasteiger partial charge is 0.345 e. The van der Waals surface area contributed by atoms with E-state index in [1.165, 1.54) is 16.2 Å². The summed E-state index contributed by atoms with van der Waals surface area (Å²) >= 11 is 7.17. The molecule has 4 heteroatoms. The van der Waals surface area contributed by atoms with E-state index in [4.69, 9.17) is 11.6 Å². The summed E-state index contributed by atoms with van der Waals surface area (Å²) in [6, 6.07) is 0. The number of hydrogen-bond acceptors (Lipinski definition) is 2. The number of thiophene rings is 1. The van der Waals surface area contributed by atoms with Crippen LogP contribution in [0.15, 0.2) is 10.8 Å². The van der Waals surface area contributed by atoms with Crippen molar-refractivity contribution < 1.29 is 4.79 Å². The molecule has 2 nitrogen and oxygen atoms in total. The molecule has 0 unspecified atom stereocenters. The zero-order chi connectivity index (χ0) is 8.43. The van der Waals surface area contributed by atoms with Crippen LogP contribution in [0.25, 0.3) is 0 Å². The second-order valence-electron chi connectivity index (χ2n) is 2.33. The predicted octanol–water partition coefficient (Wildman–Crippen LogP) is 2.10. The van der Waals surface area contributed by atoms with Crippen LogP contribution in [0.3, 0.4) is 0 Å². The van der Waals surface area contributed by atoms with Gasteiger partial charge in [-0.15, -0.1) is 11.3 Å². The summed E-state index contributed by atoms with van der Waals surface area (Å²) in [6.07, 6.45) is 0. The lowest BCUT2D eigenvalue weighted by Gasteiger charge is -2.08. The maximum Gasteiger partial charge on any atom is 0.255 e. The summed E-state index contributed by atoms with van der Waals surface area (Å²) in [4.78, 5) is 12.8. The van der Waals surface area contributed by atoms with Crippen LogP contribution in [0.1, 0.15) is 10.4 Å². The lowest BCUT2D eigenvalue weighted by Crippen LogP contribution is -2.21. The predicted molar refractivity (Wildman–Crippen MR) is 47.3 cm³/mol. The molecule has 0 aliphatic carbocycles. The third-order valence-electron chi connectivity index (χ3n) is 1.25. The van der Waals surface area contributed by atoms with Crippen molar-refractivity contribution in [3.8, 4) is 0 Å². The van der Waals surface area contributed by atoms with E-state index in [0.29, 0.717) is 10.6 Å². The van der Waals surface area contributed by atoms with Gasteiger partial charge in [-0.05, 0) is 0 Å². The van der Waals surface area contributed by atoms with Gasteiger partial charge in [0.05, 0.1) is 10.6 Å². The van der Waals surface area contributed by atoms with Crippen molar-refractivity contribution in [1.82, 2.24) is 4.90 Å². The Balaban J connectivity index is 2.93. The van der Waals surface area contributed by atoms with E-state index in [-0.39, 0.29) is 5.91 Å². The first-order chi connectivity index (χ1) is 5.13. The molecule has 0 aliphatic rings. The topological polar surface area (TPSA) is 20.3 Å². The van der Waals surface area contributed by atoms with Gasteiger partial charge < -0.3 is 4.90 Å². The van der Waals surface area contributed by atoms with Gasteiger partial charge in [-0.1, -0.05) is 11.6 Å². The van der Waals surface area contributed by atoms with Gasteiger partial charge in [0.1, 0.15) is 0 Å². The molecule has 0 atom stereocenters. The zero-order valence-corrected chi connectivity index (χ0v) is 7.87. The summed E-state index contributed by atoms with van der Waals surface area (Å²) < 4.78 is 0. The molecule has 0 fully saturated rings. The van der Waals surface area contributed by atoms with E-state index in [0.717, 1.165) is 0 Å². The molecular weight excluding hydrogens is 182 g/mol. The Hall–Kier alpha value is -0.540. The number of amides is 1. The molecule has 60 valence electrons. The number of halogens is 1. The average molecular weight is 190 g/mol. The number of nitrogens with zero attached hydrogens (tertiary/aromatic N) is 1. The molecule has 0 saturated carbocycles. The standard InChI is InChI=1S/C7H8ClNOS/c1-9(2)7(10)5-3-11-4-6(5)8/h3-4H,1-2H3. The first-order valence-corrected chi connectivity index (χ1v) is 4.38. The number of hydrogen-bond donors (Lipinski definition) is 0. The van der Waals surface area contributed by atoms with Gasteiger partial charge in [0.2, 0.25) is 0 Å². The van der Waals surface area contributed by atoms with Gasteiger partial charge in [-0.3, -0.25) is 4.79 Å². The second kappa shape index (κ2) is 3.24. The summed E-state index contributed by atoms with van der Waals surface area (Å²) in [5, 5.41) is 4.04. The number of rotatable bonds is 1. The molecule has 1 aromatic heterocycles. The maximum absolute atomic E-state index is 11.3. The van der Waals surface area contributed by atoms with Crippen LogP contribution in [0.4, 0.5) is 0 Å². The number of carbonyl (C=O) groups is 1. The first kappa shape index (κ1) is 8.56. The first-order valence-electron chi connectivity index (χ1n) is 3.06. The van der Waals surface area contributed by atoms with Gasteiger partial charge in [0.25, 0.3) is 5.91 Å². The fourth-order valence-corrected chi connectivity index (χ4v) is 1.71. The summed E-state index contributed by atoms with van der Waals surface area (Å²) in [6.45, 7) is 0. The van der Waals surface area contributed by atoms with Gasteiger partial charge in [0.15, 0.2) is 0 Å². The third kappa shape index (κ3) is 1.73. The highest BCUT2D eigenvalue weighted by atomic mass is 35.5. The second-order valence-corrected chi connectivity index (χ2v) is 3.48. The maximum atomic E-state index is 11.3. The minimum atomic E-state index is -0.0451. The van der Waals surface area contributed by atoms with Crippen LogP contribution < -0.4 is 0 Å². The zero-order valence-electron chi connectivity index (χ0n) is 6.30. The van der Waals surface area contributed by atoms with E-state index < -0.39 is 0 Å². The highest BCUT2D eigenvalue weighted by molar-refractivity contribution is 7.08. The van der Waals surface area contributed by atoms with E-state index in [1.54, 1.807) is 24.9 Å². The molecule has 0 saturated heterocycles. The molecule has 1 aromatic rings. The van der Waals surface area contributed by atoms with Crippen LogP contribution in [0.2, 0.25) is 5.02 Å².